The van der Waals surface area contributed by atoms with Gasteiger partial charge < -0.3 is 9.84 Å². The topological polar surface area (TPSA) is 76.5 Å². The first-order chi connectivity index (χ1) is 14.4. The second kappa shape index (κ2) is 9.75. The van der Waals surface area contributed by atoms with Crippen LogP contribution in [-0.2, 0) is 9.53 Å². The summed E-state index contributed by atoms with van der Waals surface area (Å²) < 4.78 is 5.18. The highest BCUT2D eigenvalue weighted by molar-refractivity contribution is 9.10. The van der Waals surface area contributed by atoms with Gasteiger partial charge >= 0.3 is 5.97 Å². The van der Waals surface area contributed by atoms with Gasteiger partial charge in [-0.3, -0.25) is 9.59 Å². The van der Waals surface area contributed by atoms with E-state index in [2.05, 4.69) is 32.8 Å². The van der Waals surface area contributed by atoms with Crippen LogP contribution in [0.1, 0.15) is 41.4 Å². The van der Waals surface area contributed by atoms with Crippen molar-refractivity contribution in [2.45, 2.75) is 19.8 Å². The third-order valence-corrected chi connectivity index (χ3v) is 5.39. The number of fused-ring (bicyclic) bond motifs is 1. The van der Waals surface area contributed by atoms with E-state index in [1.165, 1.54) is 0 Å². The van der Waals surface area contributed by atoms with E-state index in [1.54, 1.807) is 37.3 Å². The number of ether oxygens (including phenoxy) is 1. The lowest BCUT2D eigenvalue weighted by atomic mass is 10.1. The Bertz CT molecular complexity index is 1200. The molecule has 0 bridgehead atoms. The standard InChI is InChI=1S/C23H17BrClNO4/c1-2-30-19(28)13-12-18(27)22-23(29)20(24)16-8-5-7-15(21(16)26-22)11-10-14-6-3-4-9-17(14)25/h3-9,29H,2,12-13H2,1H3. The summed E-state index contributed by atoms with van der Waals surface area (Å²) >= 11 is 9.51. The first-order valence-corrected chi connectivity index (χ1v) is 10.4. The third kappa shape index (κ3) is 4.81. The second-order valence-electron chi connectivity index (χ2n) is 6.28. The molecular weight excluding hydrogens is 470 g/mol. The quantitative estimate of drug-likeness (QED) is 0.301. The number of ketones is 1. The van der Waals surface area contributed by atoms with Gasteiger partial charge in [0.25, 0.3) is 0 Å². The van der Waals surface area contributed by atoms with Crippen molar-refractivity contribution in [3.8, 4) is 17.6 Å². The highest BCUT2D eigenvalue weighted by Crippen LogP contribution is 2.35. The van der Waals surface area contributed by atoms with Crippen LogP contribution in [0.4, 0.5) is 0 Å². The van der Waals surface area contributed by atoms with Crippen LogP contribution in [0.25, 0.3) is 10.9 Å². The van der Waals surface area contributed by atoms with E-state index in [4.69, 9.17) is 16.3 Å². The molecule has 1 N–H and O–H groups in total. The Kier molecular flexibility index (Phi) is 7.09. The third-order valence-electron chi connectivity index (χ3n) is 4.26. The molecule has 1 aromatic heterocycles. The summed E-state index contributed by atoms with van der Waals surface area (Å²) in [6.07, 6.45) is -0.206. The highest BCUT2D eigenvalue weighted by Gasteiger charge is 2.20. The minimum absolute atomic E-state index is 0.0859. The molecule has 0 aliphatic carbocycles. The first kappa shape index (κ1) is 21.8. The van der Waals surface area contributed by atoms with Crippen LogP contribution < -0.4 is 0 Å². The number of rotatable bonds is 5. The van der Waals surface area contributed by atoms with E-state index in [0.717, 1.165) is 0 Å². The van der Waals surface area contributed by atoms with Crippen LogP contribution in [-0.4, -0.2) is 28.4 Å². The number of hydrogen-bond donors (Lipinski definition) is 1. The fraction of sp³-hybridized carbons (Fsp3) is 0.174. The highest BCUT2D eigenvalue weighted by atomic mass is 79.9. The maximum atomic E-state index is 12.6. The van der Waals surface area contributed by atoms with Gasteiger partial charge in [-0.2, -0.15) is 0 Å². The molecule has 0 fully saturated rings. The molecule has 0 saturated carbocycles. The van der Waals surface area contributed by atoms with Gasteiger partial charge in [-0.1, -0.05) is 47.7 Å². The molecule has 0 spiro atoms. The van der Waals surface area contributed by atoms with Crippen molar-refractivity contribution in [3.63, 3.8) is 0 Å². The number of nitrogens with zero attached hydrogens (tertiary/aromatic N) is 1. The number of pyridine rings is 1. The van der Waals surface area contributed by atoms with Gasteiger partial charge in [-0.05, 0) is 41.1 Å². The number of carbonyl (C=O) groups is 2. The maximum Gasteiger partial charge on any atom is 0.306 e. The molecule has 0 atom stereocenters. The number of esters is 1. The average molecular weight is 487 g/mol. The molecule has 0 aliphatic rings. The van der Waals surface area contributed by atoms with Gasteiger partial charge in [0, 0.05) is 17.4 Å². The summed E-state index contributed by atoms with van der Waals surface area (Å²) in [6.45, 7) is 1.93. The lowest BCUT2D eigenvalue weighted by molar-refractivity contribution is -0.143. The molecule has 0 radical (unpaired) electrons. The molecule has 152 valence electrons. The maximum absolute atomic E-state index is 12.6. The van der Waals surface area contributed by atoms with Crippen LogP contribution >= 0.6 is 27.5 Å². The zero-order valence-corrected chi connectivity index (χ0v) is 18.4. The van der Waals surface area contributed by atoms with Gasteiger partial charge in [-0.25, -0.2) is 4.98 Å². The Hall–Kier alpha value is -2.88. The minimum Gasteiger partial charge on any atom is -0.504 e. The van der Waals surface area contributed by atoms with E-state index in [1.807, 2.05) is 12.1 Å². The molecule has 0 amide bonds. The molecule has 7 heteroatoms. The summed E-state index contributed by atoms with van der Waals surface area (Å²) in [5.41, 5.74) is 1.58. The van der Waals surface area contributed by atoms with Crippen molar-refractivity contribution in [1.29, 1.82) is 0 Å². The molecule has 3 aromatic rings. The number of halogens is 2. The van der Waals surface area contributed by atoms with Crippen molar-refractivity contribution in [3.05, 3.63) is 68.8 Å². The Balaban J connectivity index is 2.02. The number of Topliss-reactive ketones (excluding diaryl/α,β-unsaturated/α-hetero) is 1. The zero-order valence-electron chi connectivity index (χ0n) is 16.0. The summed E-state index contributed by atoms with van der Waals surface area (Å²) in [7, 11) is 0. The van der Waals surface area contributed by atoms with E-state index in [-0.39, 0.29) is 30.9 Å². The van der Waals surface area contributed by atoms with Gasteiger partial charge in [0.1, 0.15) is 5.69 Å². The molecule has 0 aliphatic heterocycles. The molecule has 3 rings (SSSR count). The normalized spacial score (nSPS) is 10.4. The number of hydrogen-bond acceptors (Lipinski definition) is 5. The molecule has 30 heavy (non-hydrogen) atoms. The monoisotopic (exact) mass is 485 g/mol. The molecule has 0 saturated heterocycles. The molecule has 2 aromatic carbocycles. The molecule has 1 heterocycles. The van der Waals surface area contributed by atoms with Gasteiger partial charge in [-0.15, -0.1) is 0 Å². The van der Waals surface area contributed by atoms with Crippen LogP contribution in [0.15, 0.2) is 46.9 Å². The number of aromatic nitrogens is 1. The van der Waals surface area contributed by atoms with E-state index in [0.29, 0.717) is 31.5 Å². The SMILES string of the molecule is CCOC(=O)CCC(=O)c1nc2c(C#Cc3ccccc3Cl)cccc2c(Br)c1O. The predicted octanol–water partition coefficient (Wildman–Crippen LogP) is 5.28. The van der Waals surface area contributed by atoms with E-state index < -0.39 is 11.8 Å². The summed E-state index contributed by atoms with van der Waals surface area (Å²) in [5, 5.41) is 11.6. The fourth-order valence-electron chi connectivity index (χ4n) is 2.80. The lowest BCUT2D eigenvalue weighted by Crippen LogP contribution is -2.10. The van der Waals surface area contributed by atoms with Crippen LogP contribution in [0.3, 0.4) is 0 Å². The Morgan fingerprint density at radius 1 is 1.10 bits per heavy atom. The largest absolute Gasteiger partial charge is 0.504 e. The fourth-order valence-corrected chi connectivity index (χ4v) is 3.49. The average Bonchev–Trinajstić information content (AvgIpc) is 2.74. The van der Waals surface area contributed by atoms with Gasteiger partial charge in [0.05, 0.1) is 33.6 Å². The second-order valence-corrected chi connectivity index (χ2v) is 7.48. The van der Waals surface area contributed by atoms with Gasteiger partial charge in [0.15, 0.2) is 11.5 Å². The molecule has 5 nitrogen and oxygen atoms in total. The summed E-state index contributed by atoms with van der Waals surface area (Å²) in [4.78, 5) is 28.5. The predicted molar refractivity (Wildman–Crippen MR) is 119 cm³/mol. The summed E-state index contributed by atoms with van der Waals surface area (Å²) in [6, 6.07) is 12.5. The lowest BCUT2D eigenvalue weighted by Gasteiger charge is -2.09. The van der Waals surface area contributed by atoms with E-state index in [9.17, 15) is 14.7 Å². The number of carbonyl (C=O) groups excluding carboxylic acids is 2. The van der Waals surface area contributed by atoms with E-state index >= 15 is 0 Å². The van der Waals surface area contributed by atoms with Crippen LogP contribution in [0.2, 0.25) is 5.02 Å². The summed E-state index contributed by atoms with van der Waals surface area (Å²) in [5.74, 6) is 4.84. The van der Waals surface area contributed by atoms with Crippen molar-refractivity contribution < 1.29 is 19.4 Å². The Labute approximate surface area is 187 Å². The van der Waals surface area contributed by atoms with Gasteiger partial charge in [0.2, 0.25) is 0 Å². The first-order valence-electron chi connectivity index (χ1n) is 9.19. The van der Waals surface area contributed by atoms with Crippen LogP contribution in [0.5, 0.6) is 5.75 Å². The number of benzene rings is 2. The van der Waals surface area contributed by atoms with Crippen molar-refractivity contribution in [2.75, 3.05) is 6.61 Å². The number of aromatic hydroxyl groups is 1. The number of para-hydroxylation sites is 1. The van der Waals surface area contributed by atoms with Crippen molar-refractivity contribution in [2.24, 2.45) is 0 Å². The van der Waals surface area contributed by atoms with Crippen LogP contribution in [0, 0.1) is 11.8 Å². The smallest absolute Gasteiger partial charge is 0.306 e. The van der Waals surface area contributed by atoms with Crippen molar-refractivity contribution in [1.82, 2.24) is 4.98 Å². The Morgan fingerprint density at radius 2 is 1.80 bits per heavy atom. The Morgan fingerprint density at radius 3 is 2.53 bits per heavy atom. The van der Waals surface area contributed by atoms with Crippen molar-refractivity contribution >= 4 is 50.2 Å². The minimum atomic E-state index is -0.475. The molecular formula is C23H17BrClNO4. The molecule has 0 unspecified atom stereocenters. The zero-order chi connectivity index (χ0) is 21.7.